The number of hydrogen-bond donors (Lipinski definition) is 9. The minimum atomic E-state index is -5.45. The maximum Gasteiger partial charge on any atom is 0.470 e. The fourth-order valence-electron chi connectivity index (χ4n) is 2.62. The Bertz CT molecular complexity index is 653. The van der Waals surface area contributed by atoms with Gasteiger partial charge >= 0.3 is 23.5 Å². The maximum absolute atomic E-state index is 11.2. The Morgan fingerprint density at radius 2 is 0.966 bits per heavy atom. The van der Waals surface area contributed by atoms with Gasteiger partial charge in [-0.3, -0.25) is 13.6 Å². The predicted octanol–water partition coefficient (Wildman–Crippen LogP) is -2.69. The molecule has 0 spiro atoms. The van der Waals surface area contributed by atoms with Gasteiger partial charge in [0.25, 0.3) is 0 Å². The number of phosphoric acid groups is 3. The van der Waals surface area contributed by atoms with Gasteiger partial charge in [-0.25, -0.2) is 13.7 Å². The first-order chi connectivity index (χ1) is 13.1. The van der Waals surface area contributed by atoms with E-state index in [1.165, 1.54) is 0 Å². The van der Waals surface area contributed by atoms with Gasteiger partial charge in [-0.1, -0.05) is 0 Å². The van der Waals surface area contributed by atoms with Gasteiger partial charge in [-0.2, -0.15) is 0 Å². The zero-order valence-corrected chi connectivity index (χ0v) is 17.2. The number of aliphatic hydroxyl groups excluding tert-OH is 3. The molecule has 16 nitrogen and oxygen atoms in total. The first-order valence-corrected chi connectivity index (χ1v) is 12.5. The van der Waals surface area contributed by atoms with Gasteiger partial charge in [-0.15, -0.1) is 0 Å². The van der Waals surface area contributed by atoms with Gasteiger partial charge in [0.1, 0.15) is 36.6 Å². The number of rotatable bonds is 11. The number of ether oxygens (including phenoxy) is 1. The summed E-state index contributed by atoms with van der Waals surface area (Å²) < 4.78 is 51.6. The Morgan fingerprint density at radius 1 is 0.621 bits per heavy atom. The molecule has 0 amide bonds. The Kier molecular flexibility index (Phi) is 10.00. The predicted molar refractivity (Wildman–Crippen MR) is 88.8 cm³/mol. The molecule has 0 aromatic rings. The van der Waals surface area contributed by atoms with Crippen LogP contribution in [0.1, 0.15) is 12.8 Å². The molecule has 0 radical (unpaired) electrons. The lowest BCUT2D eigenvalue weighted by Crippen LogP contribution is -2.65. The summed E-state index contributed by atoms with van der Waals surface area (Å²) in [5, 5.41) is 29.4. The second kappa shape index (κ2) is 10.7. The quantitative estimate of drug-likeness (QED) is 0.105. The van der Waals surface area contributed by atoms with Crippen molar-refractivity contribution in [2.75, 3.05) is 13.2 Å². The van der Waals surface area contributed by atoms with Gasteiger partial charge in [0.15, 0.2) is 0 Å². The van der Waals surface area contributed by atoms with Crippen molar-refractivity contribution in [2.24, 2.45) is 0 Å². The van der Waals surface area contributed by atoms with E-state index in [4.69, 9.17) is 39.2 Å². The van der Waals surface area contributed by atoms with Crippen LogP contribution in [-0.4, -0.2) is 94.5 Å². The fourth-order valence-corrected chi connectivity index (χ4v) is 4.31. The molecule has 0 bridgehead atoms. The molecule has 0 aromatic heterocycles. The molecular weight excluding hydrogens is 469 g/mol. The van der Waals surface area contributed by atoms with Crippen LogP contribution in [0.5, 0.6) is 0 Å². The molecule has 1 saturated carbocycles. The van der Waals surface area contributed by atoms with E-state index in [-0.39, 0.29) is 26.1 Å². The summed E-state index contributed by atoms with van der Waals surface area (Å²) >= 11 is 0. The van der Waals surface area contributed by atoms with E-state index in [0.717, 1.165) is 0 Å². The number of hydrogen-bond acceptors (Lipinski definition) is 10. The third-order valence-corrected chi connectivity index (χ3v) is 5.19. The minimum Gasteiger partial charge on any atom is -0.396 e. The molecule has 19 heteroatoms. The molecule has 29 heavy (non-hydrogen) atoms. The van der Waals surface area contributed by atoms with Crippen LogP contribution >= 0.6 is 23.5 Å². The van der Waals surface area contributed by atoms with Crippen molar-refractivity contribution in [2.45, 2.75) is 49.5 Å². The van der Waals surface area contributed by atoms with Crippen molar-refractivity contribution >= 4 is 23.5 Å². The van der Waals surface area contributed by atoms with Gasteiger partial charge in [0.05, 0.1) is 0 Å². The summed E-state index contributed by atoms with van der Waals surface area (Å²) in [4.78, 5) is 54.0. The van der Waals surface area contributed by atoms with E-state index in [2.05, 4.69) is 13.6 Å². The Morgan fingerprint density at radius 3 is 1.31 bits per heavy atom. The summed E-state index contributed by atoms with van der Waals surface area (Å²) in [5.41, 5.74) is 0. The summed E-state index contributed by atoms with van der Waals surface area (Å²) in [5.74, 6) is 0. The molecule has 0 heterocycles. The van der Waals surface area contributed by atoms with Crippen LogP contribution in [-0.2, 0) is 32.0 Å². The first-order valence-electron chi connectivity index (χ1n) is 7.86. The highest BCUT2D eigenvalue weighted by Gasteiger charge is 2.57. The van der Waals surface area contributed by atoms with Crippen LogP contribution in [0.2, 0.25) is 0 Å². The molecule has 1 fully saturated rings. The molecular formula is C10H23O16P3. The van der Waals surface area contributed by atoms with Gasteiger partial charge in [0.2, 0.25) is 0 Å². The van der Waals surface area contributed by atoms with Gasteiger partial charge < -0.3 is 49.4 Å². The molecule has 0 aliphatic heterocycles. The first kappa shape index (κ1) is 27.2. The monoisotopic (exact) mass is 492 g/mol. The van der Waals surface area contributed by atoms with E-state index in [9.17, 15) is 23.9 Å². The SMILES string of the molecule is O=P(O)(O)O[C@@H]1[C@@H](O)[C@H](OP(=O)(O)O)[C@@H](OCCCCO)[C@@H](O)[C@H]1OP(=O)(O)O. The van der Waals surface area contributed by atoms with Crippen LogP contribution in [0, 0.1) is 0 Å². The minimum absolute atomic E-state index is 0.172. The van der Waals surface area contributed by atoms with Crippen molar-refractivity contribution in [3.8, 4) is 0 Å². The maximum atomic E-state index is 11.2. The Hall–Kier alpha value is 0.170. The molecule has 174 valence electrons. The van der Waals surface area contributed by atoms with Crippen LogP contribution in [0.4, 0.5) is 0 Å². The highest BCUT2D eigenvalue weighted by Crippen LogP contribution is 2.49. The average Bonchev–Trinajstić information content (AvgIpc) is 2.51. The number of aliphatic hydroxyl groups is 3. The van der Waals surface area contributed by atoms with Crippen molar-refractivity contribution in [1.29, 1.82) is 0 Å². The fraction of sp³-hybridized carbons (Fsp3) is 1.00. The highest BCUT2D eigenvalue weighted by molar-refractivity contribution is 7.46. The van der Waals surface area contributed by atoms with Crippen molar-refractivity contribution in [3.63, 3.8) is 0 Å². The summed E-state index contributed by atoms with van der Waals surface area (Å²) in [7, 11) is -16.2. The lowest BCUT2D eigenvalue weighted by Gasteiger charge is -2.46. The molecule has 1 aliphatic rings. The van der Waals surface area contributed by atoms with E-state index in [0.29, 0.717) is 0 Å². The highest BCUT2D eigenvalue weighted by atomic mass is 31.2. The summed E-state index contributed by atoms with van der Waals surface area (Å²) in [6.07, 6.45) is -12.9. The Balaban J connectivity index is 3.28. The van der Waals surface area contributed by atoms with E-state index in [1.807, 2.05) is 0 Å². The van der Waals surface area contributed by atoms with Crippen molar-refractivity contribution in [1.82, 2.24) is 0 Å². The van der Waals surface area contributed by atoms with Crippen LogP contribution in [0.25, 0.3) is 0 Å². The zero-order valence-electron chi connectivity index (χ0n) is 14.5. The molecule has 0 unspecified atom stereocenters. The standard InChI is InChI=1S/C10H23O16P3/c11-3-1-2-4-23-7-5(12)9(25-28(17,18)19)10(26-29(20,21)22)6(13)8(7)24-27(14,15)16/h5-13H,1-4H2,(H2,14,15,16)(H2,17,18,19)(H2,20,21,22)/t5-,6+,7+,8+,9-,10-/m1/s1. The molecule has 1 rings (SSSR count). The molecule has 6 atom stereocenters. The normalized spacial score (nSPS) is 31.8. The average molecular weight is 492 g/mol. The third-order valence-electron chi connectivity index (χ3n) is 3.63. The summed E-state index contributed by atoms with van der Waals surface area (Å²) in [6.45, 7) is -0.494. The lowest BCUT2D eigenvalue weighted by molar-refractivity contribution is -0.225. The number of unbranched alkanes of at least 4 members (excludes halogenated alkanes) is 1. The van der Waals surface area contributed by atoms with Crippen molar-refractivity contribution < 1.29 is 76.7 Å². The largest absolute Gasteiger partial charge is 0.470 e. The van der Waals surface area contributed by atoms with E-state index >= 15 is 0 Å². The van der Waals surface area contributed by atoms with Gasteiger partial charge in [0, 0.05) is 13.2 Å². The molecule has 0 saturated heterocycles. The van der Waals surface area contributed by atoms with Crippen LogP contribution in [0.15, 0.2) is 0 Å². The molecule has 0 aromatic carbocycles. The van der Waals surface area contributed by atoms with E-state index < -0.39 is 60.1 Å². The van der Waals surface area contributed by atoms with Crippen LogP contribution in [0.3, 0.4) is 0 Å². The smallest absolute Gasteiger partial charge is 0.396 e. The molecule has 1 aliphatic carbocycles. The second-order valence-electron chi connectivity index (χ2n) is 5.93. The number of phosphoric ester groups is 3. The lowest BCUT2D eigenvalue weighted by atomic mass is 9.85. The summed E-state index contributed by atoms with van der Waals surface area (Å²) in [6, 6.07) is 0. The topological polar surface area (TPSA) is 270 Å². The Labute approximate surface area is 163 Å². The van der Waals surface area contributed by atoms with Crippen LogP contribution < -0.4 is 0 Å². The second-order valence-corrected chi connectivity index (χ2v) is 9.51. The zero-order chi connectivity index (χ0) is 22.6. The van der Waals surface area contributed by atoms with E-state index in [1.54, 1.807) is 0 Å². The molecule has 9 N–H and O–H groups in total. The van der Waals surface area contributed by atoms with Gasteiger partial charge in [-0.05, 0) is 12.8 Å². The third kappa shape index (κ3) is 9.46. The van der Waals surface area contributed by atoms with Crippen molar-refractivity contribution in [3.05, 3.63) is 0 Å².